The Bertz CT molecular complexity index is 1610. The van der Waals surface area contributed by atoms with E-state index < -0.39 is 37.0 Å². The number of nitriles is 1. The molecule has 9 nitrogen and oxygen atoms in total. The Hall–Kier alpha value is -3.62. The summed E-state index contributed by atoms with van der Waals surface area (Å²) in [4.78, 5) is 38.3. The maximum absolute atomic E-state index is 15.1. The van der Waals surface area contributed by atoms with E-state index in [1.807, 2.05) is 40.4 Å². The number of hydrogen-bond donors (Lipinski definition) is 1. The molecule has 1 aliphatic carbocycles. The van der Waals surface area contributed by atoms with E-state index in [9.17, 15) is 19.0 Å². The van der Waals surface area contributed by atoms with Crippen LogP contribution in [0.1, 0.15) is 43.0 Å². The van der Waals surface area contributed by atoms with Crippen molar-refractivity contribution in [3.8, 4) is 6.07 Å². The van der Waals surface area contributed by atoms with Gasteiger partial charge in [0.15, 0.2) is 5.78 Å². The lowest BCUT2D eigenvalue weighted by Crippen LogP contribution is -2.32. The van der Waals surface area contributed by atoms with Crippen LogP contribution < -0.4 is 0 Å². The van der Waals surface area contributed by atoms with E-state index in [2.05, 4.69) is 26.5 Å². The Labute approximate surface area is 262 Å². The number of carbonyl (C=O) groups excluding carboxylic acids is 2. The number of carbonyl (C=O) groups is 2. The van der Waals surface area contributed by atoms with Crippen LogP contribution in [-0.4, -0.2) is 46.5 Å². The zero-order chi connectivity index (χ0) is 32.3. The summed E-state index contributed by atoms with van der Waals surface area (Å²) in [5.41, 5.74) is -2.97. The van der Waals surface area contributed by atoms with E-state index in [1.54, 1.807) is 45.1 Å². The SMILES string of the molecule is CC(C)(C)C(=O)OCOP(=O)(O)C(F)(F)c1ccc(CN2C=CN(CC3C=C(c4ccc(C#N)cc4)C=CC3=O)C2)cc1Br. The number of ether oxygens (including phenoxy) is 1. The lowest BCUT2D eigenvalue weighted by Gasteiger charge is -2.26. The van der Waals surface area contributed by atoms with Gasteiger partial charge in [-0.15, -0.1) is 0 Å². The monoisotopic (exact) mass is 689 g/mol. The molecular formula is C31H31BrF2N3O6P. The Kier molecular flexibility index (Phi) is 9.96. The molecule has 0 bridgehead atoms. The fourth-order valence-electron chi connectivity index (χ4n) is 4.45. The highest BCUT2D eigenvalue weighted by molar-refractivity contribution is 9.10. The number of allylic oxidation sites excluding steroid dienone is 3. The lowest BCUT2D eigenvalue weighted by molar-refractivity contribution is -0.160. The number of halogens is 3. The van der Waals surface area contributed by atoms with Gasteiger partial charge < -0.3 is 19.4 Å². The highest BCUT2D eigenvalue weighted by Crippen LogP contribution is 2.64. The van der Waals surface area contributed by atoms with Crippen LogP contribution in [0.5, 0.6) is 0 Å². The minimum absolute atomic E-state index is 0.0211. The van der Waals surface area contributed by atoms with Gasteiger partial charge in [0.05, 0.1) is 29.6 Å². The van der Waals surface area contributed by atoms with E-state index in [-0.39, 0.29) is 16.2 Å². The van der Waals surface area contributed by atoms with Crippen LogP contribution in [0.4, 0.5) is 8.78 Å². The van der Waals surface area contributed by atoms with Gasteiger partial charge in [-0.3, -0.25) is 18.7 Å². The molecule has 232 valence electrons. The van der Waals surface area contributed by atoms with Gasteiger partial charge in [-0.2, -0.15) is 14.0 Å². The predicted octanol–water partition coefficient (Wildman–Crippen LogP) is 6.50. The third-order valence-corrected chi connectivity index (χ3v) is 8.99. The minimum atomic E-state index is -5.57. The summed E-state index contributed by atoms with van der Waals surface area (Å²) in [5.74, 6) is -1.17. The van der Waals surface area contributed by atoms with Gasteiger partial charge in [-0.1, -0.05) is 52.3 Å². The summed E-state index contributed by atoms with van der Waals surface area (Å²) >= 11 is 3.09. The molecule has 2 atom stereocenters. The molecule has 0 saturated carbocycles. The Morgan fingerprint density at radius 2 is 1.82 bits per heavy atom. The zero-order valence-electron chi connectivity index (χ0n) is 24.2. The highest BCUT2D eigenvalue weighted by Gasteiger charge is 2.54. The molecule has 0 radical (unpaired) electrons. The summed E-state index contributed by atoms with van der Waals surface area (Å²) in [5, 5.41) is 9.03. The van der Waals surface area contributed by atoms with Crippen LogP contribution in [0, 0.1) is 22.7 Å². The minimum Gasteiger partial charge on any atom is -0.438 e. The van der Waals surface area contributed by atoms with Gasteiger partial charge in [0, 0.05) is 35.5 Å². The quantitative estimate of drug-likeness (QED) is 0.169. The Morgan fingerprint density at radius 3 is 2.45 bits per heavy atom. The molecule has 1 N–H and O–H groups in total. The fraction of sp³-hybridized carbons (Fsp3) is 0.323. The molecule has 1 aliphatic heterocycles. The van der Waals surface area contributed by atoms with E-state index in [0.717, 1.165) is 17.2 Å². The van der Waals surface area contributed by atoms with Gasteiger partial charge in [0.1, 0.15) is 0 Å². The summed E-state index contributed by atoms with van der Waals surface area (Å²) in [6.07, 6.45) is 8.92. The summed E-state index contributed by atoms with van der Waals surface area (Å²) in [6.45, 7) is 4.76. The van der Waals surface area contributed by atoms with E-state index in [0.29, 0.717) is 30.9 Å². The number of esters is 1. The van der Waals surface area contributed by atoms with Crippen molar-refractivity contribution in [3.05, 3.63) is 99.8 Å². The molecule has 2 aromatic carbocycles. The van der Waals surface area contributed by atoms with Crippen molar-refractivity contribution in [2.24, 2.45) is 11.3 Å². The summed E-state index contributed by atoms with van der Waals surface area (Å²) in [6, 6.07) is 13.1. The number of benzene rings is 2. The maximum atomic E-state index is 15.1. The second-order valence-electron chi connectivity index (χ2n) is 11.4. The predicted molar refractivity (Wildman–Crippen MR) is 162 cm³/mol. The van der Waals surface area contributed by atoms with Crippen molar-refractivity contribution in [2.45, 2.75) is 33.0 Å². The summed E-state index contributed by atoms with van der Waals surface area (Å²) in [7, 11) is -5.57. The van der Waals surface area contributed by atoms with Crippen molar-refractivity contribution in [1.29, 1.82) is 5.26 Å². The molecule has 0 amide bonds. The van der Waals surface area contributed by atoms with E-state index in [1.165, 1.54) is 12.1 Å². The molecule has 2 aromatic rings. The zero-order valence-corrected chi connectivity index (χ0v) is 26.7. The van der Waals surface area contributed by atoms with Gasteiger partial charge in [-0.25, -0.2) is 0 Å². The number of hydrogen-bond acceptors (Lipinski definition) is 8. The third kappa shape index (κ3) is 7.71. The second kappa shape index (κ2) is 13.2. The lowest BCUT2D eigenvalue weighted by atomic mass is 9.91. The van der Waals surface area contributed by atoms with Crippen LogP contribution in [0.25, 0.3) is 5.57 Å². The standard InChI is InChI=1S/C31H31BrF2N3O6P/c1-30(2,3)29(39)42-20-43-44(40,41)31(33,34)26-10-6-22(14-27(26)32)17-36-12-13-37(19-36)18-25-15-24(9-11-28(25)38)23-7-4-21(16-35)5-8-23/h4-15,25H,17-20H2,1-3H3,(H,40,41). The number of rotatable bonds is 10. The van der Waals surface area contributed by atoms with Crippen LogP contribution in [0.3, 0.4) is 0 Å². The molecule has 13 heteroatoms. The smallest absolute Gasteiger partial charge is 0.404 e. The van der Waals surface area contributed by atoms with Crippen LogP contribution >= 0.6 is 23.5 Å². The van der Waals surface area contributed by atoms with Gasteiger partial charge >= 0.3 is 19.2 Å². The van der Waals surface area contributed by atoms with Crippen molar-refractivity contribution in [2.75, 3.05) is 20.0 Å². The van der Waals surface area contributed by atoms with Gasteiger partial charge in [0.25, 0.3) is 0 Å². The van der Waals surface area contributed by atoms with Crippen LogP contribution in [0.2, 0.25) is 0 Å². The van der Waals surface area contributed by atoms with Gasteiger partial charge in [-0.05, 0) is 61.7 Å². The van der Waals surface area contributed by atoms with Crippen molar-refractivity contribution in [3.63, 3.8) is 0 Å². The van der Waals surface area contributed by atoms with E-state index >= 15 is 8.78 Å². The highest BCUT2D eigenvalue weighted by atomic mass is 79.9. The fourth-order valence-corrected chi connectivity index (χ4v) is 6.13. The molecule has 0 saturated heterocycles. The van der Waals surface area contributed by atoms with Crippen molar-refractivity contribution < 1.29 is 37.1 Å². The molecule has 1 heterocycles. The number of nitrogens with zero attached hydrogens (tertiary/aromatic N) is 3. The first kappa shape index (κ1) is 33.3. The molecule has 0 aromatic heterocycles. The first-order chi connectivity index (χ1) is 20.6. The van der Waals surface area contributed by atoms with Crippen molar-refractivity contribution >= 4 is 40.9 Å². The molecule has 4 rings (SSSR count). The van der Waals surface area contributed by atoms with Gasteiger partial charge in [0.2, 0.25) is 6.79 Å². The maximum Gasteiger partial charge on any atom is 0.404 e. The molecule has 2 aliphatic rings. The number of ketones is 1. The largest absolute Gasteiger partial charge is 0.438 e. The first-order valence-corrected chi connectivity index (χ1v) is 15.9. The third-order valence-electron chi connectivity index (χ3n) is 6.93. The topological polar surface area (TPSA) is 120 Å². The molecular weight excluding hydrogens is 659 g/mol. The number of alkyl halides is 2. The van der Waals surface area contributed by atoms with Crippen molar-refractivity contribution in [1.82, 2.24) is 9.80 Å². The Morgan fingerprint density at radius 1 is 1.14 bits per heavy atom. The molecule has 0 spiro atoms. The Balaban J connectivity index is 1.35. The van der Waals surface area contributed by atoms with E-state index in [4.69, 9.17) is 10.00 Å². The first-order valence-electron chi connectivity index (χ1n) is 13.5. The van der Waals surface area contributed by atoms with Crippen LogP contribution in [0.15, 0.2) is 77.6 Å². The normalized spacial score (nSPS) is 18.2. The molecule has 0 fully saturated rings. The average molecular weight is 690 g/mol. The molecule has 44 heavy (non-hydrogen) atoms. The molecule has 2 unspecified atom stereocenters. The van der Waals surface area contributed by atoms with Crippen LogP contribution in [-0.2, 0) is 35.6 Å². The second-order valence-corrected chi connectivity index (χ2v) is 14.1. The summed E-state index contributed by atoms with van der Waals surface area (Å²) < 4.78 is 51.7. The average Bonchev–Trinajstić information content (AvgIpc) is 3.40.